The lowest BCUT2D eigenvalue weighted by Gasteiger charge is -2.04. The molecule has 0 fully saturated rings. The second kappa shape index (κ2) is 7.12. The van der Waals surface area contributed by atoms with Crippen LogP contribution in [0.25, 0.3) is 0 Å². The Morgan fingerprint density at radius 1 is 1.43 bits per heavy atom. The van der Waals surface area contributed by atoms with Crippen molar-refractivity contribution in [3.63, 3.8) is 0 Å². The van der Waals surface area contributed by atoms with Crippen LogP contribution in [-0.4, -0.2) is 25.5 Å². The average Bonchev–Trinajstić information content (AvgIpc) is 2.21. The Balaban J connectivity index is 3.95. The van der Waals surface area contributed by atoms with E-state index in [0.717, 1.165) is 6.42 Å². The molecular weight excluding hydrogens is 184 g/mol. The SMILES string of the molecule is CCCO/C=C/C(=O)[C@H](C)C(=O)OC. The van der Waals surface area contributed by atoms with Gasteiger partial charge in [0, 0.05) is 6.08 Å². The molecule has 14 heavy (non-hydrogen) atoms. The van der Waals surface area contributed by atoms with Gasteiger partial charge in [-0.25, -0.2) is 0 Å². The van der Waals surface area contributed by atoms with Crippen LogP contribution in [0.1, 0.15) is 20.3 Å². The fraction of sp³-hybridized carbons (Fsp3) is 0.600. The van der Waals surface area contributed by atoms with Gasteiger partial charge in [-0.15, -0.1) is 0 Å². The minimum Gasteiger partial charge on any atom is -0.501 e. The maximum Gasteiger partial charge on any atom is 0.316 e. The summed E-state index contributed by atoms with van der Waals surface area (Å²) in [4.78, 5) is 22.2. The van der Waals surface area contributed by atoms with Gasteiger partial charge in [-0.05, 0) is 13.3 Å². The average molecular weight is 200 g/mol. The molecule has 0 radical (unpaired) electrons. The minimum atomic E-state index is -0.763. The van der Waals surface area contributed by atoms with Crippen LogP contribution in [-0.2, 0) is 19.1 Å². The third-order valence-corrected chi connectivity index (χ3v) is 1.63. The summed E-state index contributed by atoms with van der Waals surface area (Å²) in [5.74, 6) is -1.61. The lowest BCUT2D eigenvalue weighted by atomic mass is 10.1. The van der Waals surface area contributed by atoms with Gasteiger partial charge in [-0.3, -0.25) is 9.59 Å². The van der Waals surface area contributed by atoms with Gasteiger partial charge in [0.2, 0.25) is 0 Å². The first-order valence-electron chi connectivity index (χ1n) is 4.53. The summed E-state index contributed by atoms with van der Waals surface area (Å²) < 4.78 is 9.39. The van der Waals surface area contributed by atoms with E-state index in [4.69, 9.17) is 4.74 Å². The van der Waals surface area contributed by atoms with Crippen LogP contribution in [0.2, 0.25) is 0 Å². The van der Waals surface area contributed by atoms with Crippen molar-refractivity contribution in [1.29, 1.82) is 0 Å². The molecule has 0 saturated carbocycles. The molecule has 0 aromatic carbocycles. The molecule has 1 atom stereocenters. The summed E-state index contributed by atoms with van der Waals surface area (Å²) in [6.07, 6.45) is 3.44. The summed E-state index contributed by atoms with van der Waals surface area (Å²) >= 11 is 0. The van der Waals surface area contributed by atoms with E-state index in [1.54, 1.807) is 0 Å². The molecule has 0 heterocycles. The van der Waals surface area contributed by atoms with E-state index in [0.29, 0.717) is 6.61 Å². The zero-order valence-corrected chi connectivity index (χ0v) is 8.78. The molecule has 0 aliphatic rings. The predicted molar refractivity (Wildman–Crippen MR) is 51.6 cm³/mol. The first-order valence-corrected chi connectivity index (χ1v) is 4.53. The molecule has 0 rings (SSSR count). The first-order chi connectivity index (χ1) is 6.63. The van der Waals surface area contributed by atoms with Gasteiger partial charge in [-0.2, -0.15) is 0 Å². The Labute approximate surface area is 83.9 Å². The molecule has 4 heteroatoms. The second-order valence-corrected chi connectivity index (χ2v) is 2.82. The molecule has 0 N–H and O–H groups in total. The Morgan fingerprint density at radius 2 is 2.07 bits per heavy atom. The third-order valence-electron chi connectivity index (χ3n) is 1.63. The van der Waals surface area contributed by atoms with Gasteiger partial charge >= 0.3 is 5.97 Å². The number of carbonyl (C=O) groups excluding carboxylic acids is 2. The van der Waals surface area contributed by atoms with Crippen LogP contribution in [0.3, 0.4) is 0 Å². The van der Waals surface area contributed by atoms with Gasteiger partial charge in [0.15, 0.2) is 5.78 Å². The molecule has 0 spiro atoms. The largest absolute Gasteiger partial charge is 0.501 e. The Bertz CT molecular complexity index is 220. The van der Waals surface area contributed by atoms with Crippen molar-refractivity contribution in [2.45, 2.75) is 20.3 Å². The molecule has 0 saturated heterocycles. The van der Waals surface area contributed by atoms with Crippen LogP contribution in [0.15, 0.2) is 12.3 Å². The molecular formula is C10H16O4. The summed E-state index contributed by atoms with van der Waals surface area (Å²) in [6, 6.07) is 0. The highest BCUT2D eigenvalue weighted by atomic mass is 16.5. The topological polar surface area (TPSA) is 52.6 Å². The van der Waals surface area contributed by atoms with E-state index in [2.05, 4.69) is 4.74 Å². The lowest BCUT2D eigenvalue weighted by Crippen LogP contribution is -2.20. The van der Waals surface area contributed by atoms with Crippen molar-refractivity contribution in [3.8, 4) is 0 Å². The molecule has 0 bridgehead atoms. The van der Waals surface area contributed by atoms with E-state index in [-0.39, 0.29) is 5.78 Å². The summed E-state index contributed by atoms with van der Waals surface area (Å²) in [5.41, 5.74) is 0. The molecule has 4 nitrogen and oxygen atoms in total. The van der Waals surface area contributed by atoms with Gasteiger partial charge < -0.3 is 9.47 Å². The van der Waals surface area contributed by atoms with Gasteiger partial charge in [0.1, 0.15) is 5.92 Å². The van der Waals surface area contributed by atoms with Crippen molar-refractivity contribution in [2.24, 2.45) is 5.92 Å². The van der Waals surface area contributed by atoms with E-state index in [1.165, 1.54) is 26.4 Å². The zero-order valence-electron chi connectivity index (χ0n) is 8.78. The van der Waals surface area contributed by atoms with Crippen LogP contribution in [0.5, 0.6) is 0 Å². The standard InChI is InChI=1S/C10H16O4/c1-4-6-14-7-5-9(11)8(2)10(12)13-3/h5,7-8H,4,6H2,1-3H3/b7-5+/t8-/m0/s1. The Kier molecular flexibility index (Phi) is 6.45. The number of hydrogen-bond acceptors (Lipinski definition) is 4. The number of ketones is 1. The summed E-state index contributed by atoms with van der Waals surface area (Å²) in [7, 11) is 1.25. The minimum absolute atomic E-state index is 0.312. The smallest absolute Gasteiger partial charge is 0.316 e. The van der Waals surface area contributed by atoms with Crippen LogP contribution in [0.4, 0.5) is 0 Å². The highest BCUT2D eigenvalue weighted by molar-refractivity contribution is 6.04. The molecule has 0 aromatic heterocycles. The fourth-order valence-electron chi connectivity index (χ4n) is 0.738. The van der Waals surface area contributed by atoms with Gasteiger partial charge in [-0.1, -0.05) is 6.92 Å². The molecule has 0 aliphatic heterocycles. The Hall–Kier alpha value is -1.32. The van der Waals surface area contributed by atoms with E-state index in [9.17, 15) is 9.59 Å². The number of methoxy groups -OCH3 is 1. The normalized spacial score (nSPS) is 12.5. The Morgan fingerprint density at radius 3 is 2.57 bits per heavy atom. The molecule has 0 aromatic rings. The highest BCUT2D eigenvalue weighted by Gasteiger charge is 2.19. The maximum atomic E-state index is 11.2. The first kappa shape index (κ1) is 12.7. The van der Waals surface area contributed by atoms with Crippen LogP contribution in [0, 0.1) is 5.92 Å². The van der Waals surface area contributed by atoms with Crippen molar-refractivity contribution >= 4 is 11.8 Å². The van der Waals surface area contributed by atoms with E-state index in [1.807, 2.05) is 6.92 Å². The molecule has 0 unspecified atom stereocenters. The van der Waals surface area contributed by atoms with Gasteiger partial charge in [0.25, 0.3) is 0 Å². The number of esters is 1. The quantitative estimate of drug-likeness (QED) is 0.213. The molecule has 0 aliphatic carbocycles. The maximum absolute atomic E-state index is 11.2. The van der Waals surface area contributed by atoms with Crippen molar-refractivity contribution in [3.05, 3.63) is 12.3 Å². The zero-order chi connectivity index (χ0) is 11.0. The molecule has 0 amide bonds. The number of hydrogen-bond donors (Lipinski definition) is 0. The lowest BCUT2D eigenvalue weighted by molar-refractivity contribution is -0.147. The van der Waals surface area contributed by atoms with Crippen molar-refractivity contribution < 1.29 is 19.1 Å². The fourth-order valence-corrected chi connectivity index (χ4v) is 0.738. The number of ether oxygens (including phenoxy) is 2. The third kappa shape index (κ3) is 4.64. The van der Waals surface area contributed by atoms with Crippen LogP contribution >= 0.6 is 0 Å². The number of rotatable bonds is 6. The number of allylic oxidation sites excluding steroid dienone is 1. The van der Waals surface area contributed by atoms with E-state index < -0.39 is 11.9 Å². The summed E-state index contributed by atoms with van der Waals surface area (Å²) in [6.45, 7) is 4.03. The molecule has 80 valence electrons. The van der Waals surface area contributed by atoms with Crippen molar-refractivity contribution in [2.75, 3.05) is 13.7 Å². The van der Waals surface area contributed by atoms with Gasteiger partial charge in [0.05, 0.1) is 20.0 Å². The van der Waals surface area contributed by atoms with Crippen molar-refractivity contribution in [1.82, 2.24) is 0 Å². The number of carbonyl (C=O) groups is 2. The van der Waals surface area contributed by atoms with E-state index >= 15 is 0 Å². The van der Waals surface area contributed by atoms with Crippen LogP contribution < -0.4 is 0 Å². The highest BCUT2D eigenvalue weighted by Crippen LogP contribution is 2.00. The summed E-state index contributed by atoms with van der Waals surface area (Å²) in [5, 5.41) is 0. The predicted octanol–water partition coefficient (Wildman–Crippen LogP) is 1.30. The second-order valence-electron chi connectivity index (χ2n) is 2.82. The monoisotopic (exact) mass is 200 g/mol.